The summed E-state index contributed by atoms with van der Waals surface area (Å²) >= 11 is 0. The van der Waals surface area contributed by atoms with Crippen LogP contribution in [0.1, 0.15) is 28.1 Å². The molecule has 2 aromatic rings. The molecule has 98 valence electrons. The molecular formula is C15H16N2O2. The Balaban J connectivity index is 1.75. The van der Waals surface area contributed by atoms with Gasteiger partial charge in [-0.15, -0.1) is 0 Å². The molecule has 0 bridgehead atoms. The first kappa shape index (κ1) is 13.1. The van der Waals surface area contributed by atoms with E-state index in [1.807, 2.05) is 18.2 Å². The van der Waals surface area contributed by atoms with Crippen molar-refractivity contribution in [2.75, 3.05) is 0 Å². The van der Waals surface area contributed by atoms with Crippen molar-refractivity contribution in [3.8, 4) is 0 Å². The fourth-order valence-electron chi connectivity index (χ4n) is 1.73. The van der Waals surface area contributed by atoms with Gasteiger partial charge in [-0.25, -0.2) is 5.43 Å². The van der Waals surface area contributed by atoms with Crippen LogP contribution >= 0.6 is 0 Å². The maximum atomic E-state index is 11.7. The zero-order chi connectivity index (χ0) is 13.5. The van der Waals surface area contributed by atoms with Gasteiger partial charge in [-0.05, 0) is 31.4 Å². The van der Waals surface area contributed by atoms with Gasteiger partial charge in [0.15, 0.2) is 0 Å². The molecule has 1 N–H and O–H groups in total. The number of carbonyl (C=O) groups excluding carboxylic acids is 1. The fourth-order valence-corrected chi connectivity index (χ4v) is 1.73. The van der Waals surface area contributed by atoms with Gasteiger partial charge in [0, 0.05) is 6.21 Å². The Morgan fingerprint density at radius 3 is 2.79 bits per heavy atom. The van der Waals surface area contributed by atoms with Gasteiger partial charge >= 0.3 is 0 Å². The van der Waals surface area contributed by atoms with Crippen molar-refractivity contribution in [3.05, 3.63) is 59.5 Å². The lowest BCUT2D eigenvalue weighted by Gasteiger charge is -1.98. The molecule has 1 amide bonds. The summed E-state index contributed by atoms with van der Waals surface area (Å²) in [6.45, 7) is 1.74. The number of benzene rings is 1. The van der Waals surface area contributed by atoms with Crippen LogP contribution in [0.4, 0.5) is 0 Å². The third kappa shape index (κ3) is 3.81. The van der Waals surface area contributed by atoms with Crippen molar-refractivity contribution in [2.24, 2.45) is 5.10 Å². The van der Waals surface area contributed by atoms with Gasteiger partial charge in [0.1, 0.15) is 5.76 Å². The molecule has 0 saturated heterocycles. The second kappa shape index (κ2) is 6.54. The Labute approximate surface area is 112 Å². The maximum Gasteiger partial charge on any atom is 0.274 e. The summed E-state index contributed by atoms with van der Waals surface area (Å²) in [6.07, 6.45) is 4.89. The van der Waals surface area contributed by atoms with Crippen LogP contribution in [0.25, 0.3) is 0 Å². The van der Waals surface area contributed by atoms with Gasteiger partial charge in [-0.3, -0.25) is 4.79 Å². The topological polar surface area (TPSA) is 54.6 Å². The summed E-state index contributed by atoms with van der Waals surface area (Å²) < 4.78 is 5.06. The van der Waals surface area contributed by atoms with Crippen LogP contribution in [-0.2, 0) is 6.42 Å². The SMILES string of the molecule is Cc1occc1C(=O)NN=CCCc1ccccc1. The molecule has 0 aliphatic rings. The van der Waals surface area contributed by atoms with E-state index in [1.165, 1.54) is 11.8 Å². The number of nitrogens with one attached hydrogen (secondary N) is 1. The number of amides is 1. The lowest BCUT2D eigenvalue weighted by molar-refractivity contribution is 0.0953. The quantitative estimate of drug-likeness (QED) is 0.660. The molecule has 0 radical (unpaired) electrons. The summed E-state index contributed by atoms with van der Waals surface area (Å²) in [7, 11) is 0. The summed E-state index contributed by atoms with van der Waals surface area (Å²) in [5, 5.41) is 3.92. The average Bonchev–Trinajstić information content (AvgIpc) is 2.86. The van der Waals surface area contributed by atoms with E-state index in [1.54, 1.807) is 19.2 Å². The average molecular weight is 256 g/mol. The second-order valence-corrected chi connectivity index (χ2v) is 4.17. The van der Waals surface area contributed by atoms with Crippen molar-refractivity contribution in [1.82, 2.24) is 5.43 Å². The van der Waals surface area contributed by atoms with Crippen LogP contribution in [0.5, 0.6) is 0 Å². The molecule has 0 aliphatic heterocycles. The van der Waals surface area contributed by atoms with Crippen LogP contribution in [0.15, 0.2) is 52.2 Å². The largest absolute Gasteiger partial charge is 0.469 e. The second-order valence-electron chi connectivity index (χ2n) is 4.17. The molecule has 0 spiro atoms. The smallest absolute Gasteiger partial charge is 0.274 e. The minimum atomic E-state index is -0.248. The number of hydrazone groups is 1. The zero-order valence-electron chi connectivity index (χ0n) is 10.8. The molecule has 4 nitrogen and oxygen atoms in total. The fraction of sp³-hybridized carbons (Fsp3) is 0.200. The van der Waals surface area contributed by atoms with Crippen molar-refractivity contribution < 1.29 is 9.21 Å². The number of carbonyl (C=O) groups is 1. The Bertz CT molecular complexity index is 559. The highest BCUT2D eigenvalue weighted by molar-refractivity contribution is 5.95. The zero-order valence-corrected chi connectivity index (χ0v) is 10.8. The first-order valence-corrected chi connectivity index (χ1v) is 6.17. The van der Waals surface area contributed by atoms with Gasteiger partial charge in [0.25, 0.3) is 5.91 Å². The number of hydrogen-bond acceptors (Lipinski definition) is 3. The molecule has 1 aromatic heterocycles. The Hall–Kier alpha value is -2.36. The number of aryl methyl sites for hydroxylation is 2. The lowest BCUT2D eigenvalue weighted by Crippen LogP contribution is -2.17. The predicted octanol–water partition coefficient (Wildman–Crippen LogP) is 2.94. The van der Waals surface area contributed by atoms with Gasteiger partial charge in [-0.2, -0.15) is 5.10 Å². The van der Waals surface area contributed by atoms with Crippen LogP contribution < -0.4 is 5.43 Å². The van der Waals surface area contributed by atoms with E-state index >= 15 is 0 Å². The highest BCUT2D eigenvalue weighted by atomic mass is 16.3. The predicted molar refractivity (Wildman–Crippen MR) is 74.2 cm³/mol. The molecule has 19 heavy (non-hydrogen) atoms. The molecule has 0 saturated carbocycles. The number of hydrogen-bond donors (Lipinski definition) is 1. The van der Waals surface area contributed by atoms with Crippen LogP contribution in [-0.4, -0.2) is 12.1 Å². The first-order chi connectivity index (χ1) is 9.27. The molecule has 0 aliphatic carbocycles. The van der Waals surface area contributed by atoms with E-state index in [2.05, 4.69) is 22.7 Å². The van der Waals surface area contributed by atoms with E-state index in [-0.39, 0.29) is 5.91 Å². The molecule has 0 fully saturated rings. The monoisotopic (exact) mass is 256 g/mol. The molecule has 0 unspecified atom stereocenters. The Morgan fingerprint density at radius 2 is 2.11 bits per heavy atom. The van der Waals surface area contributed by atoms with Gasteiger partial charge in [0.2, 0.25) is 0 Å². The lowest BCUT2D eigenvalue weighted by atomic mass is 10.1. The first-order valence-electron chi connectivity index (χ1n) is 6.17. The Morgan fingerprint density at radius 1 is 1.32 bits per heavy atom. The highest BCUT2D eigenvalue weighted by Crippen LogP contribution is 2.07. The summed E-state index contributed by atoms with van der Waals surface area (Å²) in [6, 6.07) is 11.8. The standard InChI is InChI=1S/C15H16N2O2/c1-12-14(9-11-19-12)15(18)17-16-10-5-8-13-6-3-2-4-7-13/h2-4,6-7,9-11H,5,8H2,1H3,(H,17,18). The number of rotatable bonds is 5. The molecule has 1 aromatic carbocycles. The van der Waals surface area contributed by atoms with Crippen LogP contribution in [0.2, 0.25) is 0 Å². The minimum Gasteiger partial charge on any atom is -0.469 e. The van der Waals surface area contributed by atoms with Gasteiger partial charge in [0.05, 0.1) is 11.8 Å². The van der Waals surface area contributed by atoms with Gasteiger partial charge < -0.3 is 4.42 Å². The van der Waals surface area contributed by atoms with Gasteiger partial charge in [-0.1, -0.05) is 30.3 Å². The van der Waals surface area contributed by atoms with E-state index in [0.717, 1.165) is 12.8 Å². The summed E-state index contributed by atoms with van der Waals surface area (Å²) in [5.74, 6) is 0.346. The Kier molecular flexibility index (Phi) is 4.50. The summed E-state index contributed by atoms with van der Waals surface area (Å²) in [4.78, 5) is 11.7. The van der Waals surface area contributed by atoms with Crippen LogP contribution in [0, 0.1) is 6.92 Å². The number of furan rings is 1. The van der Waals surface area contributed by atoms with Crippen molar-refractivity contribution in [3.63, 3.8) is 0 Å². The van der Waals surface area contributed by atoms with Crippen molar-refractivity contribution in [2.45, 2.75) is 19.8 Å². The molecule has 1 heterocycles. The van der Waals surface area contributed by atoms with Crippen molar-refractivity contribution in [1.29, 1.82) is 0 Å². The normalized spacial score (nSPS) is 10.8. The van der Waals surface area contributed by atoms with E-state index in [4.69, 9.17) is 4.42 Å². The highest BCUT2D eigenvalue weighted by Gasteiger charge is 2.09. The maximum absolute atomic E-state index is 11.7. The third-order valence-corrected chi connectivity index (χ3v) is 2.77. The molecule has 4 heteroatoms. The van der Waals surface area contributed by atoms with Crippen LogP contribution in [0.3, 0.4) is 0 Å². The van der Waals surface area contributed by atoms with E-state index in [9.17, 15) is 4.79 Å². The van der Waals surface area contributed by atoms with E-state index < -0.39 is 0 Å². The molecule has 0 atom stereocenters. The number of nitrogens with zero attached hydrogens (tertiary/aromatic N) is 1. The third-order valence-electron chi connectivity index (χ3n) is 2.77. The molecular weight excluding hydrogens is 240 g/mol. The summed E-state index contributed by atoms with van der Waals surface area (Å²) in [5.41, 5.74) is 4.25. The van der Waals surface area contributed by atoms with Crippen molar-refractivity contribution >= 4 is 12.1 Å². The van der Waals surface area contributed by atoms with E-state index in [0.29, 0.717) is 11.3 Å². The molecule has 2 rings (SSSR count). The minimum absolute atomic E-state index is 0.248.